The summed E-state index contributed by atoms with van der Waals surface area (Å²) in [6, 6.07) is 13.2. The molecule has 1 saturated carbocycles. The molecule has 0 spiro atoms. The first-order valence-corrected chi connectivity index (χ1v) is 14.0. The zero-order valence-electron chi connectivity index (χ0n) is 20.3. The number of methoxy groups -OCH3 is 1. The molecule has 2 fully saturated rings. The largest absolute Gasteiger partial charge is 0.497 e. The van der Waals surface area contributed by atoms with Gasteiger partial charge in [-0.05, 0) is 67.3 Å². The summed E-state index contributed by atoms with van der Waals surface area (Å²) in [5.74, 6) is 0.802. The molecule has 1 saturated heterocycles. The number of piperazine rings is 1. The zero-order valence-corrected chi connectivity index (χ0v) is 21.1. The number of anilines is 2. The van der Waals surface area contributed by atoms with Gasteiger partial charge in [-0.15, -0.1) is 0 Å². The first-order valence-electron chi connectivity index (χ1n) is 12.6. The highest BCUT2D eigenvalue weighted by Crippen LogP contribution is 2.32. The lowest BCUT2D eigenvalue weighted by Crippen LogP contribution is -2.48. The monoisotopic (exact) mass is 498 g/mol. The predicted octanol–water partition coefficient (Wildman–Crippen LogP) is 3.61. The summed E-state index contributed by atoms with van der Waals surface area (Å²) >= 11 is 0. The van der Waals surface area contributed by atoms with Gasteiger partial charge in [0.05, 0.1) is 12.0 Å². The lowest BCUT2D eigenvalue weighted by Gasteiger charge is -2.35. The second-order valence-electron chi connectivity index (χ2n) is 9.57. The Morgan fingerprint density at radius 3 is 2.34 bits per heavy atom. The molecule has 0 aromatic heterocycles. The molecular weight excluding hydrogens is 464 g/mol. The Balaban J connectivity index is 1.23. The molecule has 35 heavy (non-hydrogen) atoms. The van der Waals surface area contributed by atoms with Gasteiger partial charge in [-0.25, -0.2) is 13.2 Å². The van der Waals surface area contributed by atoms with Gasteiger partial charge in [0.1, 0.15) is 5.75 Å². The molecule has 0 atom stereocenters. The number of hydrogen-bond acceptors (Lipinski definition) is 5. The third kappa shape index (κ3) is 4.97. The van der Waals surface area contributed by atoms with Gasteiger partial charge in [0.25, 0.3) is 0 Å². The summed E-state index contributed by atoms with van der Waals surface area (Å²) in [5, 5.41) is 3.17. The number of hydrogen-bond donors (Lipinski definition) is 1. The van der Waals surface area contributed by atoms with E-state index in [4.69, 9.17) is 4.74 Å². The maximum atomic E-state index is 13.4. The van der Waals surface area contributed by atoms with Gasteiger partial charge in [0.15, 0.2) is 0 Å². The van der Waals surface area contributed by atoms with Gasteiger partial charge in [-0.3, -0.25) is 4.90 Å². The fourth-order valence-electron chi connectivity index (χ4n) is 5.38. The van der Waals surface area contributed by atoms with E-state index in [0.717, 1.165) is 48.4 Å². The Hall–Kier alpha value is -2.78. The number of sulfonamides is 1. The SMILES string of the molecule is COc1ccc(N2CCN(S(=O)(=O)c3ccc4c(c3)CCN4C(=O)NC3CCCCC3)CC2)cc1. The van der Waals surface area contributed by atoms with E-state index in [0.29, 0.717) is 44.0 Å². The van der Waals surface area contributed by atoms with E-state index in [1.54, 1.807) is 34.5 Å². The van der Waals surface area contributed by atoms with Crippen LogP contribution in [0.3, 0.4) is 0 Å². The van der Waals surface area contributed by atoms with E-state index in [1.807, 2.05) is 24.3 Å². The quantitative estimate of drug-likeness (QED) is 0.681. The number of nitrogens with zero attached hydrogens (tertiary/aromatic N) is 3. The van der Waals surface area contributed by atoms with Crippen LogP contribution in [0.1, 0.15) is 37.7 Å². The number of carbonyl (C=O) groups is 1. The van der Waals surface area contributed by atoms with Gasteiger partial charge in [-0.2, -0.15) is 4.31 Å². The van der Waals surface area contributed by atoms with Crippen LogP contribution in [0.2, 0.25) is 0 Å². The molecule has 2 amide bonds. The summed E-state index contributed by atoms with van der Waals surface area (Å²) in [6.07, 6.45) is 6.31. The van der Waals surface area contributed by atoms with E-state index in [2.05, 4.69) is 10.2 Å². The van der Waals surface area contributed by atoms with Crippen molar-refractivity contribution in [3.05, 3.63) is 48.0 Å². The molecule has 8 nitrogen and oxygen atoms in total. The molecule has 0 unspecified atom stereocenters. The van der Waals surface area contributed by atoms with Crippen LogP contribution in [0.25, 0.3) is 0 Å². The van der Waals surface area contributed by atoms with Crippen LogP contribution in [0.4, 0.5) is 16.2 Å². The Labute approximate surface area is 207 Å². The molecule has 0 bridgehead atoms. The third-order valence-electron chi connectivity index (χ3n) is 7.44. The Bertz CT molecular complexity index is 1150. The van der Waals surface area contributed by atoms with Crippen LogP contribution in [0.15, 0.2) is 47.4 Å². The van der Waals surface area contributed by atoms with E-state index in [-0.39, 0.29) is 12.1 Å². The number of urea groups is 1. The zero-order chi connectivity index (χ0) is 24.4. The summed E-state index contributed by atoms with van der Waals surface area (Å²) in [6.45, 7) is 2.71. The van der Waals surface area contributed by atoms with E-state index >= 15 is 0 Å². The molecule has 2 aliphatic heterocycles. The molecular formula is C26H34N4O4S. The summed E-state index contributed by atoms with van der Waals surface area (Å²) in [5.41, 5.74) is 2.80. The van der Waals surface area contributed by atoms with Crippen LogP contribution in [-0.4, -0.2) is 64.6 Å². The van der Waals surface area contributed by atoms with Crippen molar-refractivity contribution < 1.29 is 17.9 Å². The Morgan fingerprint density at radius 1 is 0.943 bits per heavy atom. The van der Waals surface area contributed by atoms with Crippen LogP contribution in [0.5, 0.6) is 5.75 Å². The van der Waals surface area contributed by atoms with Crippen molar-refractivity contribution in [2.45, 2.75) is 49.5 Å². The molecule has 5 rings (SSSR count). The number of ether oxygens (including phenoxy) is 1. The highest BCUT2D eigenvalue weighted by atomic mass is 32.2. The predicted molar refractivity (Wildman–Crippen MR) is 137 cm³/mol. The van der Waals surface area contributed by atoms with E-state index in [9.17, 15) is 13.2 Å². The van der Waals surface area contributed by atoms with Crippen molar-refractivity contribution in [1.29, 1.82) is 0 Å². The maximum absolute atomic E-state index is 13.4. The molecule has 2 aromatic carbocycles. The number of carbonyl (C=O) groups excluding carboxylic acids is 1. The van der Waals surface area contributed by atoms with Crippen molar-refractivity contribution >= 4 is 27.4 Å². The van der Waals surface area contributed by atoms with Gasteiger partial charge in [0, 0.05) is 50.1 Å². The van der Waals surface area contributed by atoms with Crippen LogP contribution in [-0.2, 0) is 16.4 Å². The molecule has 2 heterocycles. The molecule has 188 valence electrons. The van der Waals surface area contributed by atoms with Crippen LogP contribution < -0.4 is 19.9 Å². The molecule has 0 radical (unpaired) electrons. The van der Waals surface area contributed by atoms with Crippen molar-refractivity contribution in [2.75, 3.05) is 49.6 Å². The number of amides is 2. The normalized spacial score (nSPS) is 19.5. The summed E-state index contributed by atoms with van der Waals surface area (Å²) < 4.78 is 33.6. The second kappa shape index (κ2) is 10.1. The highest BCUT2D eigenvalue weighted by Gasteiger charge is 2.32. The lowest BCUT2D eigenvalue weighted by molar-refractivity contribution is 0.238. The molecule has 2 aromatic rings. The molecule has 9 heteroatoms. The fraction of sp³-hybridized carbons (Fsp3) is 0.500. The average Bonchev–Trinajstić information content (AvgIpc) is 3.33. The minimum atomic E-state index is -3.59. The topological polar surface area (TPSA) is 82.2 Å². The highest BCUT2D eigenvalue weighted by molar-refractivity contribution is 7.89. The maximum Gasteiger partial charge on any atom is 0.322 e. The molecule has 1 N–H and O–H groups in total. The van der Waals surface area contributed by atoms with Crippen molar-refractivity contribution in [3.8, 4) is 5.75 Å². The number of rotatable bonds is 5. The first-order chi connectivity index (χ1) is 17.0. The minimum absolute atomic E-state index is 0.0686. The molecule has 1 aliphatic carbocycles. The number of nitrogens with one attached hydrogen (secondary N) is 1. The van der Waals surface area contributed by atoms with Gasteiger partial charge >= 0.3 is 6.03 Å². The number of fused-ring (bicyclic) bond motifs is 1. The van der Waals surface area contributed by atoms with Crippen LogP contribution >= 0.6 is 0 Å². The number of benzene rings is 2. The van der Waals surface area contributed by atoms with Crippen molar-refractivity contribution in [1.82, 2.24) is 9.62 Å². The summed E-state index contributed by atoms with van der Waals surface area (Å²) in [4.78, 5) is 17.1. The summed E-state index contributed by atoms with van der Waals surface area (Å²) in [7, 11) is -1.95. The van der Waals surface area contributed by atoms with E-state index < -0.39 is 10.0 Å². The first kappa shape index (κ1) is 23.9. The third-order valence-corrected chi connectivity index (χ3v) is 9.33. The standard InChI is InChI=1S/C26H34N4O4S/c1-34-23-9-7-22(8-10-23)28-15-17-29(18-16-28)35(32,33)24-11-12-25-20(19-24)13-14-30(25)26(31)27-21-5-3-2-4-6-21/h7-12,19,21H,2-6,13-18H2,1H3,(H,27,31). The molecule has 3 aliphatic rings. The Kier molecular flexibility index (Phi) is 6.88. The van der Waals surface area contributed by atoms with E-state index in [1.165, 1.54) is 6.42 Å². The lowest BCUT2D eigenvalue weighted by atomic mass is 9.96. The van der Waals surface area contributed by atoms with Gasteiger partial charge < -0.3 is 15.0 Å². The smallest absolute Gasteiger partial charge is 0.322 e. The Morgan fingerprint density at radius 2 is 1.66 bits per heavy atom. The van der Waals surface area contributed by atoms with Gasteiger partial charge in [0.2, 0.25) is 10.0 Å². The minimum Gasteiger partial charge on any atom is -0.497 e. The average molecular weight is 499 g/mol. The van der Waals surface area contributed by atoms with Gasteiger partial charge in [-0.1, -0.05) is 19.3 Å². The van der Waals surface area contributed by atoms with Crippen LogP contribution in [0, 0.1) is 0 Å². The van der Waals surface area contributed by atoms with Crippen molar-refractivity contribution in [3.63, 3.8) is 0 Å². The second-order valence-corrected chi connectivity index (χ2v) is 11.5. The van der Waals surface area contributed by atoms with Crippen molar-refractivity contribution in [2.24, 2.45) is 0 Å². The fourth-order valence-corrected chi connectivity index (χ4v) is 6.85.